The lowest BCUT2D eigenvalue weighted by molar-refractivity contribution is -0.141. The molecule has 3 aliphatic rings. The molecule has 3 fully saturated rings. The van der Waals surface area contributed by atoms with Gasteiger partial charge in [-0.2, -0.15) is 0 Å². The Labute approximate surface area is 353 Å². The molecule has 4 aromatic heterocycles. The number of rotatable bonds is 13. The lowest BCUT2D eigenvalue weighted by Crippen LogP contribution is -2.48. The zero-order valence-corrected chi connectivity index (χ0v) is 34.9. The first-order chi connectivity index (χ1) is 29.3. The predicted molar refractivity (Wildman–Crippen MR) is 222 cm³/mol. The largest absolute Gasteiger partial charge is 0.504 e. The number of likely N-dealkylation sites (tertiary alicyclic amines) is 2. The van der Waals surface area contributed by atoms with E-state index in [1.807, 2.05) is 57.5 Å². The summed E-state index contributed by atoms with van der Waals surface area (Å²) in [4.78, 5) is 40.2. The summed E-state index contributed by atoms with van der Waals surface area (Å²) < 4.78 is 39.6. The van der Waals surface area contributed by atoms with Crippen molar-refractivity contribution in [3.8, 4) is 33.3 Å². The van der Waals surface area contributed by atoms with E-state index in [4.69, 9.17) is 9.26 Å². The number of amides is 2. The monoisotopic (exact) mass is 852 g/mol. The van der Waals surface area contributed by atoms with E-state index in [0.717, 1.165) is 57.5 Å². The average molecular weight is 853 g/mol. The summed E-state index contributed by atoms with van der Waals surface area (Å²) in [5.41, 5.74) is 7.54. The number of fused-ring (bicyclic) bond motifs is 2. The number of aromatic nitrogens is 5. The first kappa shape index (κ1) is 40.6. The van der Waals surface area contributed by atoms with E-state index in [1.165, 1.54) is 4.90 Å². The third-order valence-electron chi connectivity index (χ3n) is 12.5. The van der Waals surface area contributed by atoms with Crippen LogP contribution in [0.25, 0.3) is 32.7 Å². The molecule has 0 spiro atoms. The number of carbonyl (C=O) groups is 2. The van der Waals surface area contributed by atoms with Gasteiger partial charge in [-0.3, -0.25) is 14.5 Å². The lowest BCUT2D eigenvalue weighted by atomic mass is 9.91. The molecule has 1 aliphatic carbocycles. The van der Waals surface area contributed by atoms with Crippen molar-refractivity contribution in [2.24, 2.45) is 17.8 Å². The van der Waals surface area contributed by atoms with Crippen molar-refractivity contribution < 1.29 is 37.8 Å². The number of halogens is 2. The summed E-state index contributed by atoms with van der Waals surface area (Å²) in [6, 6.07) is 12.1. The topological polar surface area (TPSA) is 183 Å². The molecule has 6 aromatic rings. The van der Waals surface area contributed by atoms with Crippen LogP contribution < -0.4 is 10.1 Å². The van der Waals surface area contributed by atoms with Crippen LogP contribution in [0.4, 0.5) is 8.78 Å². The SMILES string of the molecule is Cc1ncsc1-c1ccc(CNC(=O)[C@@H]2C[C@@H](O)CN2C(=O)[C@@H](c2cc(OCCN3C[C@@H]4[C@H](C3)[C@H]4c3[nH]c4nnc(-c5cc(F)cc(F)c5O)cc4c3C)no2)C(C)C)cc1. The molecular weight excluding hydrogens is 807 g/mol. The second-order valence-corrected chi connectivity index (χ2v) is 17.6. The fraction of sp³-hybridized carbons (Fsp3) is 0.409. The van der Waals surface area contributed by atoms with Gasteiger partial charge >= 0.3 is 0 Å². The number of hydrogen-bond acceptors (Lipinski definition) is 12. The maximum atomic E-state index is 14.1. The maximum Gasteiger partial charge on any atom is 0.254 e. The van der Waals surface area contributed by atoms with E-state index >= 15 is 0 Å². The van der Waals surface area contributed by atoms with Crippen molar-refractivity contribution in [1.29, 1.82) is 0 Å². The first-order valence-electron chi connectivity index (χ1n) is 20.5. The highest BCUT2D eigenvalue weighted by atomic mass is 32.1. The molecule has 318 valence electrons. The molecule has 2 saturated heterocycles. The number of piperidine rings is 1. The van der Waals surface area contributed by atoms with Crippen molar-refractivity contribution in [2.75, 3.05) is 32.8 Å². The number of aromatic amines is 1. The number of nitrogens with zero attached hydrogens (tertiary/aromatic N) is 6. The molecule has 6 atom stereocenters. The normalized spacial score (nSPS) is 21.6. The van der Waals surface area contributed by atoms with Gasteiger partial charge in [0.05, 0.1) is 27.9 Å². The zero-order chi connectivity index (χ0) is 42.7. The number of nitrogens with one attached hydrogen (secondary N) is 2. The third kappa shape index (κ3) is 7.85. The van der Waals surface area contributed by atoms with Gasteiger partial charge in [0, 0.05) is 73.8 Å². The first-order valence-corrected chi connectivity index (χ1v) is 21.3. The van der Waals surface area contributed by atoms with Gasteiger partial charge in [0.25, 0.3) is 5.88 Å². The highest BCUT2D eigenvalue weighted by molar-refractivity contribution is 7.13. The molecule has 9 rings (SSSR count). The van der Waals surface area contributed by atoms with Crippen molar-refractivity contribution in [3.05, 3.63) is 94.0 Å². The van der Waals surface area contributed by atoms with Crippen LogP contribution in [0, 0.1) is 43.2 Å². The molecule has 4 N–H and O–H groups in total. The molecular formula is C44H46F2N8O6S. The maximum absolute atomic E-state index is 14.1. The Kier molecular flexibility index (Phi) is 10.8. The summed E-state index contributed by atoms with van der Waals surface area (Å²) in [6.45, 7) is 10.9. The number of carbonyl (C=O) groups excluding carboxylic acids is 2. The highest BCUT2D eigenvalue weighted by Crippen LogP contribution is 2.59. The Morgan fingerprint density at radius 1 is 1.07 bits per heavy atom. The number of aryl methyl sites for hydroxylation is 2. The zero-order valence-electron chi connectivity index (χ0n) is 34.1. The highest BCUT2D eigenvalue weighted by Gasteiger charge is 2.57. The molecule has 17 heteroatoms. The number of phenols is 1. The number of β-amino-alcohol motifs (C(OH)–C–C–N with tert-alkyl or cyclic N) is 1. The Morgan fingerprint density at radius 3 is 2.56 bits per heavy atom. The van der Waals surface area contributed by atoms with Gasteiger partial charge in [-0.05, 0) is 65.6 Å². The Balaban J connectivity index is 0.773. The lowest BCUT2D eigenvalue weighted by Gasteiger charge is -2.28. The number of ether oxygens (including phenoxy) is 1. The van der Waals surface area contributed by atoms with E-state index in [-0.39, 0.29) is 54.4 Å². The number of H-pyrrole nitrogens is 1. The van der Waals surface area contributed by atoms with E-state index in [9.17, 15) is 28.6 Å². The van der Waals surface area contributed by atoms with Crippen LogP contribution in [0.15, 0.2) is 58.6 Å². The van der Waals surface area contributed by atoms with E-state index in [1.54, 1.807) is 23.5 Å². The minimum absolute atomic E-state index is 0.0400. The summed E-state index contributed by atoms with van der Waals surface area (Å²) in [6.07, 6.45) is -0.693. The van der Waals surface area contributed by atoms with Crippen LogP contribution in [0.2, 0.25) is 0 Å². The quantitative estimate of drug-likeness (QED) is 0.106. The summed E-state index contributed by atoms with van der Waals surface area (Å²) >= 11 is 1.58. The van der Waals surface area contributed by atoms with Gasteiger partial charge in [0.2, 0.25) is 11.8 Å². The Morgan fingerprint density at radius 2 is 1.84 bits per heavy atom. The van der Waals surface area contributed by atoms with E-state index in [0.29, 0.717) is 48.4 Å². The van der Waals surface area contributed by atoms with Gasteiger partial charge in [0.15, 0.2) is 23.0 Å². The third-order valence-corrected chi connectivity index (χ3v) is 13.4. The average Bonchev–Trinajstić information content (AvgIpc) is 3.90. The van der Waals surface area contributed by atoms with Crippen LogP contribution in [-0.4, -0.2) is 102 Å². The Bertz CT molecular complexity index is 2600. The fourth-order valence-corrected chi connectivity index (χ4v) is 10.0. The van der Waals surface area contributed by atoms with Crippen LogP contribution in [0.3, 0.4) is 0 Å². The van der Waals surface area contributed by atoms with Crippen molar-refractivity contribution in [2.45, 2.75) is 64.6 Å². The van der Waals surface area contributed by atoms with Crippen molar-refractivity contribution in [1.82, 2.24) is 40.4 Å². The van der Waals surface area contributed by atoms with E-state index in [2.05, 4.69) is 35.5 Å². The van der Waals surface area contributed by atoms with Crippen molar-refractivity contribution in [3.63, 3.8) is 0 Å². The van der Waals surface area contributed by atoms with Crippen LogP contribution in [0.5, 0.6) is 11.6 Å². The van der Waals surface area contributed by atoms with Crippen LogP contribution >= 0.6 is 11.3 Å². The number of aliphatic hydroxyl groups is 1. The molecule has 14 nitrogen and oxygen atoms in total. The molecule has 1 saturated carbocycles. The minimum Gasteiger partial charge on any atom is -0.504 e. The fourth-order valence-electron chi connectivity index (χ4n) is 9.23. The van der Waals surface area contributed by atoms with Gasteiger partial charge in [-0.15, -0.1) is 21.5 Å². The number of benzene rings is 2. The molecule has 0 bridgehead atoms. The molecule has 61 heavy (non-hydrogen) atoms. The second-order valence-electron chi connectivity index (χ2n) is 16.8. The second kappa shape index (κ2) is 16.2. The Hall–Kier alpha value is -5.78. The molecule has 6 heterocycles. The number of hydrogen-bond donors (Lipinski definition) is 4. The van der Waals surface area contributed by atoms with Gasteiger partial charge in [-0.25, -0.2) is 13.8 Å². The summed E-state index contributed by atoms with van der Waals surface area (Å²) in [5.74, 6) is -2.31. The van der Waals surface area contributed by atoms with Crippen LogP contribution in [0.1, 0.15) is 60.4 Å². The van der Waals surface area contributed by atoms with E-state index < -0.39 is 35.4 Å². The molecule has 0 unspecified atom stereocenters. The number of phenolic OH excluding ortho intramolecular Hbond substituents is 1. The summed E-state index contributed by atoms with van der Waals surface area (Å²) in [7, 11) is 0. The standard InChI is InChI=1S/C44H46F2N8O6S/c1-21(2)37(44(58)54-17-27(55)13-34(54)43(57)47-16-24-5-7-25(8-6-24)41-23(4)48-20-61-41)35-15-36(52-60-35)59-10-9-53-18-30-31(19-53)38(30)39-22(3)28-14-33(50-51-42(28)49-39)29-11-26(45)12-32(46)40(29)56/h5-8,11-12,14-15,20-21,27,30-31,34,37-38,55-56H,9-10,13,16-19H2,1-4H3,(H,47,57)(H,49,51)/t27-,30-,31+,34+,37-,38+/m1/s1. The van der Waals surface area contributed by atoms with Gasteiger partial charge in [0.1, 0.15) is 24.4 Å². The number of aromatic hydroxyl groups is 1. The number of aliphatic hydroxyl groups excluding tert-OH is 1. The predicted octanol–water partition coefficient (Wildman–Crippen LogP) is 6.08. The molecule has 2 aromatic carbocycles. The van der Waals surface area contributed by atoms with Gasteiger partial charge < -0.3 is 34.7 Å². The smallest absolute Gasteiger partial charge is 0.254 e. The molecule has 0 radical (unpaired) electrons. The molecule has 2 amide bonds. The molecule has 2 aliphatic heterocycles. The minimum atomic E-state index is -1.06. The van der Waals surface area contributed by atoms with Crippen LogP contribution in [-0.2, 0) is 16.1 Å². The van der Waals surface area contributed by atoms with Gasteiger partial charge in [-0.1, -0.05) is 38.1 Å². The number of thiazole rings is 1. The van der Waals surface area contributed by atoms with Crippen molar-refractivity contribution >= 4 is 34.2 Å². The summed E-state index contributed by atoms with van der Waals surface area (Å²) in [5, 5.41) is 37.1.